The molecule has 7 nitrogen and oxygen atoms in total. The highest BCUT2D eigenvalue weighted by atomic mass is 35.5. The minimum atomic E-state index is -0.713. The first-order valence-corrected chi connectivity index (χ1v) is 13.0. The van der Waals surface area contributed by atoms with Gasteiger partial charge in [0.1, 0.15) is 18.4 Å². The fourth-order valence-corrected chi connectivity index (χ4v) is 4.63. The normalized spacial score (nSPS) is 15.1. The smallest absolute Gasteiger partial charge is 0.254 e. The molecular weight excluding hydrogens is 514 g/mol. The number of hydrogen-bond acceptors (Lipinski definition) is 5. The van der Waals surface area contributed by atoms with Crippen LogP contribution in [0.15, 0.2) is 114 Å². The minimum Gasteiger partial charge on any atom is -0.475 e. The van der Waals surface area contributed by atoms with E-state index in [0.29, 0.717) is 47.6 Å². The molecule has 1 aromatic heterocycles. The summed E-state index contributed by atoms with van der Waals surface area (Å²) in [4.78, 5) is 30.6. The van der Waals surface area contributed by atoms with Crippen LogP contribution in [0.25, 0.3) is 11.3 Å². The van der Waals surface area contributed by atoms with Gasteiger partial charge in [0.05, 0.1) is 12.8 Å². The predicted octanol–water partition coefficient (Wildman–Crippen LogP) is 6.05. The van der Waals surface area contributed by atoms with E-state index in [1.165, 1.54) is 0 Å². The molecule has 3 aromatic carbocycles. The molecular formula is C31H28ClN3O4. The van der Waals surface area contributed by atoms with Gasteiger partial charge in [0.2, 0.25) is 5.91 Å². The van der Waals surface area contributed by atoms with Crippen LogP contribution < -0.4 is 5.32 Å². The number of nitrogens with one attached hydrogen (secondary N) is 1. The van der Waals surface area contributed by atoms with Crippen LogP contribution in [0.4, 0.5) is 5.69 Å². The van der Waals surface area contributed by atoms with Crippen LogP contribution in [-0.2, 0) is 16.1 Å². The van der Waals surface area contributed by atoms with Crippen molar-refractivity contribution in [2.75, 3.05) is 25.0 Å². The van der Waals surface area contributed by atoms with Crippen molar-refractivity contribution in [3.8, 4) is 11.3 Å². The van der Waals surface area contributed by atoms with E-state index in [1.807, 2.05) is 53.4 Å². The molecule has 4 aromatic rings. The maximum Gasteiger partial charge on any atom is 0.254 e. The fraction of sp³-hybridized carbons (Fsp3) is 0.161. The highest BCUT2D eigenvalue weighted by molar-refractivity contribution is 6.30. The third-order valence-corrected chi connectivity index (χ3v) is 6.82. The van der Waals surface area contributed by atoms with Crippen molar-refractivity contribution in [3.63, 3.8) is 0 Å². The zero-order valence-electron chi connectivity index (χ0n) is 21.3. The molecule has 198 valence electrons. The number of anilines is 1. The van der Waals surface area contributed by atoms with Gasteiger partial charge in [-0.2, -0.15) is 0 Å². The van der Waals surface area contributed by atoms with E-state index in [0.717, 1.165) is 11.1 Å². The molecule has 0 saturated carbocycles. The molecule has 1 N–H and O–H groups in total. The van der Waals surface area contributed by atoms with Crippen LogP contribution in [0.5, 0.6) is 0 Å². The number of hydrogen-bond donors (Lipinski definition) is 1. The second-order valence-electron chi connectivity index (χ2n) is 9.18. The van der Waals surface area contributed by atoms with Crippen LogP contribution in [-0.4, -0.2) is 47.3 Å². The van der Waals surface area contributed by atoms with Crippen LogP contribution in [0.2, 0.25) is 5.02 Å². The van der Waals surface area contributed by atoms with Gasteiger partial charge in [-0.25, -0.2) is 0 Å². The molecule has 2 heterocycles. The lowest BCUT2D eigenvalue weighted by molar-refractivity contribution is -0.123. The van der Waals surface area contributed by atoms with Gasteiger partial charge in [0.15, 0.2) is 5.88 Å². The Kier molecular flexibility index (Phi) is 7.99. The lowest BCUT2D eigenvalue weighted by Gasteiger charge is -2.42. The fourth-order valence-electron chi connectivity index (χ4n) is 4.50. The molecule has 5 rings (SSSR count). The van der Waals surface area contributed by atoms with Crippen LogP contribution >= 0.6 is 11.6 Å². The van der Waals surface area contributed by atoms with Crippen molar-refractivity contribution in [2.45, 2.75) is 12.6 Å². The first kappa shape index (κ1) is 26.1. The molecule has 0 aliphatic carbocycles. The first-order valence-electron chi connectivity index (χ1n) is 12.6. The maximum atomic E-state index is 13.5. The second-order valence-corrected chi connectivity index (χ2v) is 9.62. The van der Waals surface area contributed by atoms with E-state index < -0.39 is 6.04 Å². The molecule has 1 unspecified atom stereocenters. The van der Waals surface area contributed by atoms with Crippen molar-refractivity contribution in [2.24, 2.45) is 0 Å². The van der Waals surface area contributed by atoms with Gasteiger partial charge in [-0.1, -0.05) is 54.1 Å². The number of ether oxygens (including phenoxy) is 1. The van der Waals surface area contributed by atoms with E-state index >= 15 is 0 Å². The number of furan rings is 1. The Labute approximate surface area is 232 Å². The number of carbonyl (C=O) groups excluding carboxylic acids is 2. The highest BCUT2D eigenvalue weighted by Crippen LogP contribution is 2.24. The largest absolute Gasteiger partial charge is 0.475 e. The van der Waals surface area contributed by atoms with Gasteiger partial charge < -0.3 is 24.3 Å². The van der Waals surface area contributed by atoms with E-state index in [2.05, 4.69) is 11.9 Å². The Hall–Kier alpha value is -4.49. The lowest BCUT2D eigenvalue weighted by atomic mass is 10.1. The number of halogens is 1. The quantitative estimate of drug-likeness (QED) is 0.275. The van der Waals surface area contributed by atoms with Gasteiger partial charge in [-0.15, -0.1) is 0 Å². The molecule has 1 aliphatic heterocycles. The van der Waals surface area contributed by atoms with Gasteiger partial charge in [-0.3, -0.25) is 9.59 Å². The van der Waals surface area contributed by atoms with E-state index in [4.69, 9.17) is 20.8 Å². The van der Waals surface area contributed by atoms with Crippen molar-refractivity contribution in [1.29, 1.82) is 0 Å². The molecule has 1 atom stereocenters. The van der Waals surface area contributed by atoms with E-state index in [1.54, 1.807) is 53.6 Å². The van der Waals surface area contributed by atoms with Crippen molar-refractivity contribution in [3.05, 3.63) is 126 Å². The zero-order chi connectivity index (χ0) is 27.2. The molecule has 2 amide bonds. The monoisotopic (exact) mass is 541 g/mol. The molecule has 8 heteroatoms. The summed E-state index contributed by atoms with van der Waals surface area (Å²) in [6.07, 6.45) is 1.60. The van der Waals surface area contributed by atoms with E-state index in [-0.39, 0.29) is 18.4 Å². The summed E-state index contributed by atoms with van der Waals surface area (Å²) in [6, 6.07) is 26.9. The summed E-state index contributed by atoms with van der Waals surface area (Å²) in [6.45, 7) is 5.38. The summed E-state index contributed by atoms with van der Waals surface area (Å²) in [7, 11) is 0. The standard InChI is InChI=1S/C31H28ClN3O4/c1-22(39-21-23-7-3-2-4-8-23)35-17-16-34(20-28(35)30(36)33-27-14-12-26(32)13-15-27)31(37)25-10-5-9-24(19-25)29-11-6-18-38-29/h2-15,18-19,28H,1,16-17,20-21H2,(H,33,36). The number of nitrogens with zero attached hydrogens (tertiary/aromatic N) is 2. The summed E-state index contributed by atoms with van der Waals surface area (Å²) in [5.41, 5.74) is 2.93. The number of benzene rings is 3. The Balaban J connectivity index is 1.34. The number of piperazine rings is 1. The molecule has 39 heavy (non-hydrogen) atoms. The minimum absolute atomic E-state index is 0.164. The predicted molar refractivity (Wildman–Crippen MR) is 151 cm³/mol. The van der Waals surface area contributed by atoms with Crippen molar-refractivity contribution >= 4 is 29.1 Å². The van der Waals surface area contributed by atoms with Crippen molar-refractivity contribution < 1.29 is 18.7 Å². The van der Waals surface area contributed by atoms with E-state index in [9.17, 15) is 9.59 Å². The highest BCUT2D eigenvalue weighted by Gasteiger charge is 2.36. The van der Waals surface area contributed by atoms with Gasteiger partial charge >= 0.3 is 0 Å². The number of carbonyl (C=O) groups is 2. The maximum absolute atomic E-state index is 13.5. The molecule has 0 bridgehead atoms. The molecule has 0 spiro atoms. The second kappa shape index (κ2) is 11.9. The summed E-state index contributed by atoms with van der Waals surface area (Å²) in [5, 5.41) is 3.51. The third kappa shape index (κ3) is 6.33. The molecule has 1 saturated heterocycles. The Morgan fingerprint density at radius 3 is 2.51 bits per heavy atom. The van der Waals surface area contributed by atoms with Crippen molar-refractivity contribution in [1.82, 2.24) is 9.80 Å². The Morgan fingerprint density at radius 1 is 0.974 bits per heavy atom. The average molecular weight is 542 g/mol. The SMILES string of the molecule is C=C(OCc1ccccc1)N1CCN(C(=O)c2cccc(-c3ccco3)c2)CC1C(=O)Nc1ccc(Cl)cc1. The molecule has 0 radical (unpaired) electrons. The number of amides is 2. The zero-order valence-corrected chi connectivity index (χ0v) is 22.0. The third-order valence-electron chi connectivity index (χ3n) is 6.57. The summed E-state index contributed by atoms with van der Waals surface area (Å²) >= 11 is 6.00. The lowest BCUT2D eigenvalue weighted by Crippen LogP contribution is -2.58. The van der Waals surface area contributed by atoms with Crippen LogP contribution in [0, 0.1) is 0 Å². The first-order chi connectivity index (χ1) is 19.0. The Morgan fingerprint density at radius 2 is 1.77 bits per heavy atom. The molecule has 1 fully saturated rings. The number of rotatable bonds is 8. The van der Waals surface area contributed by atoms with Gasteiger partial charge in [0, 0.05) is 34.9 Å². The summed E-state index contributed by atoms with van der Waals surface area (Å²) in [5.74, 6) is 0.621. The van der Waals surface area contributed by atoms with Gasteiger partial charge in [-0.05, 0) is 60.7 Å². The topological polar surface area (TPSA) is 75.0 Å². The van der Waals surface area contributed by atoms with Crippen LogP contribution in [0.3, 0.4) is 0 Å². The Bertz CT molecular complexity index is 1440. The average Bonchev–Trinajstić information content (AvgIpc) is 3.52. The van der Waals surface area contributed by atoms with Crippen LogP contribution in [0.1, 0.15) is 15.9 Å². The van der Waals surface area contributed by atoms with Gasteiger partial charge in [0.25, 0.3) is 5.91 Å². The molecule has 1 aliphatic rings. The summed E-state index contributed by atoms with van der Waals surface area (Å²) < 4.78 is 11.5.